The summed E-state index contributed by atoms with van der Waals surface area (Å²) in [5, 5.41) is 11.7. The fraction of sp³-hybridized carbons (Fsp3) is 0.278. The lowest BCUT2D eigenvalue weighted by Gasteiger charge is -2.34. The molecule has 0 aliphatic rings. The van der Waals surface area contributed by atoms with E-state index >= 15 is 0 Å². The Morgan fingerprint density at radius 3 is 2.35 bits per heavy atom. The molecular weight excluding hydrogens is 407 g/mol. The number of anilines is 1. The lowest BCUT2D eigenvalue weighted by Crippen LogP contribution is -2.44. The third kappa shape index (κ3) is 4.46. The van der Waals surface area contributed by atoms with Crippen molar-refractivity contribution in [3.63, 3.8) is 0 Å². The Hall–Kier alpha value is -1.40. The van der Waals surface area contributed by atoms with Gasteiger partial charge in [0.05, 0.1) is 16.6 Å². The second-order valence-electron chi connectivity index (χ2n) is 5.73. The fourth-order valence-corrected chi connectivity index (χ4v) is 2.95. The Morgan fingerprint density at radius 1 is 1.12 bits per heavy atom. The number of hydrogen-bond donors (Lipinski definition) is 1. The largest absolute Gasteiger partial charge is 0.383 e. The molecule has 0 saturated heterocycles. The second-order valence-corrected chi connectivity index (χ2v) is 6.81. The van der Waals surface area contributed by atoms with Crippen LogP contribution in [0.25, 0.3) is 0 Å². The van der Waals surface area contributed by atoms with Gasteiger partial charge < -0.3 is 10.0 Å². The molecule has 0 aliphatic carbocycles. The quantitative estimate of drug-likeness (QED) is 0.655. The first kappa shape index (κ1) is 20.9. The van der Waals surface area contributed by atoms with E-state index in [1.165, 1.54) is 18.2 Å². The van der Waals surface area contributed by atoms with Crippen molar-refractivity contribution in [1.29, 1.82) is 0 Å². The van der Waals surface area contributed by atoms with Gasteiger partial charge >= 0.3 is 0 Å². The molecule has 0 bridgehead atoms. The number of hydrogen-bond acceptors (Lipinski definition) is 2. The summed E-state index contributed by atoms with van der Waals surface area (Å²) in [5.41, 5.74) is -0.980. The second kappa shape index (κ2) is 8.53. The van der Waals surface area contributed by atoms with Crippen LogP contribution in [0, 0.1) is 11.6 Å². The van der Waals surface area contributed by atoms with Crippen LogP contribution >= 0.6 is 34.8 Å². The highest BCUT2D eigenvalue weighted by molar-refractivity contribution is 6.42. The molecule has 0 aromatic heterocycles. The number of amides is 1. The first-order valence-electron chi connectivity index (χ1n) is 7.71. The Morgan fingerprint density at radius 2 is 1.81 bits per heavy atom. The zero-order chi connectivity index (χ0) is 19.5. The molecule has 1 amide bonds. The van der Waals surface area contributed by atoms with Gasteiger partial charge in [-0.15, -0.1) is 11.6 Å². The minimum atomic E-state index is -1.50. The van der Waals surface area contributed by atoms with Crippen LogP contribution in [0.1, 0.15) is 18.9 Å². The number of nitrogens with zero attached hydrogens (tertiary/aromatic N) is 1. The van der Waals surface area contributed by atoms with Crippen molar-refractivity contribution in [2.75, 3.05) is 17.3 Å². The molecule has 2 rings (SSSR count). The van der Waals surface area contributed by atoms with E-state index in [0.717, 1.165) is 17.0 Å². The summed E-state index contributed by atoms with van der Waals surface area (Å²) < 4.78 is 26.8. The molecule has 0 spiro atoms. The summed E-state index contributed by atoms with van der Waals surface area (Å²) in [6.45, 7) is 1.50. The van der Waals surface area contributed by atoms with E-state index in [0.29, 0.717) is 10.6 Å². The molecule has 1 atom stereocenters. The van der Waals surface area contributed by atoms with Crippen LogP contribution in [-0.2, 0) is 10.4 Å². The molecule has 0 saturated carbocycles. The molecule has 1 N–H and O–H groups in total. The number of alkyl halides is 1. The van der Waals surface area contributed by atoms with Gasteiger partial charge in [-0.3, -0.25) is 4.79 Å². The predicted molar refractivity (Wildman–Crippen MR) is 100 cm³/mol. The number of aliphatic hydroxyl groups is 1. The summed E-state index contributed by atoms with van der Waals surface area (Å²) >= 11 is 17.6. The topological polar surface area (TPSA) is 40.5 Å². The van der Waals surface area contributed by atoms with E-state index in [1.54, 1.807) is 13.0 Å². The summed E-state index contributed by atoms with van der Waals surface area (Å²) in [4.78, 5) is 13.4. The Balaban J connectivity index is 2.45. The molecule has 3 nitrogen and oxygen atoms in total. The predicted octanol–water partition coefficient (Wildman–Crippen LogP) is 5.14. The van der Waals surface area contributed by atoms with E-state index in [-0.39, 0.29) is 29.6 Å². The highest BCUT2D eigenvalue weighted by Crippen LogP contribution is 2.33. The lowest BCUT2D eigenvalue weighted by molar-refractivity contribution is -0.117. The SMILES string of the molecule is CCC(O)(CN(C(=O)CCl)c1ccc(F)c(F)c1)c1ccc(Cl)c(Cl)c1. The Kier molecular flexibility index (Phi) is 6.86. The van der Waals surface area contributed by atoms with Crippen LogP contribution in [0.2, 0.25) is 10.0 Å². The minimum Gasteiger partial charge on any atom is -0.383 e. The third-order valence-electron chi connectivity index (χ3n) is 4.09. The van der Waals surface area contributed by atoms with Gasteiger partial charge in [-0.2, -0.15) is 0 Å². The highest BCUT2D eigenvalue weighted by atomic mass is 35.5. The van der Waals surface area contributed by atoms with Crippen LogP contribution in [-0.4, -0.2) is 23.4 Å². The van der Waals surface area contributed by atoms with E-state index < -0.39 is 23.1 Å². The van der Waals surface area contributed by atoms with E-state index in [2.05, 4.69) is 0 Å². The van der Waals surface area contributed by atoms with Gasteiger partial charge in [-0.1, -0.05) is 36.2 Å². The molecule has 140 valence electrons. The first-order valence-corrected chi connectivity index (χ1v) is 9.00. The zero-order valence-electron chi connectivity index (χ0n) is 13.8. The molecule has 0 fully saturated rings. The first-order chi connectivity index (χ1) is 12.2. The molecular formula is C18H16Cl3F2NO2. The molecule has 0 aliphatic heterocycles. The van der Waals surface area contributed by atoms with Crippen LogP contribution in [0.4, 0.5) is 14.5 Å². The fourth-order valence-electron chi connectivity index (χ4n) is 2.50. The summed E-state index contributed by atoms with van der Waals surface area (Å²) in [6.07, 6.45) is 0.223. The van der Waals surface area contributed by atoms with Crippen molar-refractivity contribution in [2.24, 2.45) is 0 Å². The molecule has 2 aromatic carbocycles. The Labute approximate surface area is 165 Å². The van der Waals surface area contributed by atoms with Gasteiger partial charge in [0.15, 0.2) is 11.6 Å². The maximum absolute atomic E-state index is 13.6. The molecule has 8 heteroatoms. The smallest absolute Gasteiger partial charge is 0.242 e. The summed E-state index contributed by atoms with van der Waals surface area (Å²) in [6, 6.07) is 7.65. The van der Waals surface area contributed by atoms with Crippen molar-refractivity contribution in [2.45, 2.75) is 18.9 Å². The standard InChI is InChI=1S/C18H16Cl3F2NO2/c1-2-18(26,11-3-5-13(20)14(21)7-11)10-24(17(25)9-19)12-4-6-15(22)16(23)8-12/h3-8,26H,2,9-10H2,1H3. The Bertz CT molecular complexity index is 819. The summed E-state index contributed by atoms with van der Waals surface area (Å²) in [5.74, 6) is -3.10. The zero-order valence-corrected chi connectivity index (χ0v) is 16.0. The van der Waals surface area contributed by atoms with Crippen LogP contribution in [0.3, 0.4) is 0 Å². The number of halogens is 5. The summed E-state index contributed by atoms with van der Waals surface area (Å²) in [7, 11) is 0. The maximum atomic E-state index is 13.6. The van der Waals surface area contributed by atoms with Crippen molar-refractivity contribution in [1.82, 2.24) is 0 Å². The van der Waals surface area contributed by atoms with Crippen molar-refractivity contribution in [3.8, 4) is 0 Å². The van der Waals surface area contributed by atoms with Gasteiger partial charge in [0.1, 0.15) is 11.5 Å². The van der Waals surface area contributed by atoms with Gasteiger partial charge in [-0.05, 0) is 36.2 Å². The average molecular weight is 423 g/mol. The highest BCUT2D eigenvalue weighted by Gasteiger charge is 2.33. The molecule has 1 unspecified atom stereocenters. The van der Waals surface area contributed by atoms with Gasteiger partial charge in [0.25, 0.3) is 0 Å². The number of rotatable bonds is 6. The average Bonchev–Trinajstić information content (AvgIpc) is 2.63. The van der Waals surface area contributed by atoms with Gasteiger partial charge in [0.2, 0.25) is 5.91 Å². The molecule has 0 heterocycles. The van der Waals surface area contributed by atoms with Gasteiger partial charge in [0, 0.05) is 11.8 Å². The van der Waals surface area contributed by atoms with Crippen LogP contribution in [0.5, 0.6) is 0 Å². The third-order valence-corrected chi connectivity index (χ3v) is 5.06. The normalized spacial score (nSPS) is 13.3. The van der Waals surface area contributed by atoms with Crippen molar-refractivity contribution in [3.05, 3.63) is 63.6 Å². The molecule has 26 heavy (non-hydrogen) atoms. The van der Waals surface area contributed by atoms with Crippen molar-refractivity contribution < 1.29 is 18.7 Å². The number of carbonyl (C=O) groups is 1. The number of carbonyl (C=O) groups excluding carboxylic acids is 1. The van der Waals surface area contributed by atoms with E-state index in [9.17, 15) is 18.7 Å². The number of benzene rings is 2. The van der Waals surface area contributed by atoms with Gasteiger partial charge in [-0.25, -0.2) is 8.78 Å². The van der Waals surface area contributed by atoms with Crippen LogP contribution < -0.4 is 4.90 Å². The van der Waals surface area contributed by atoms with E-state index in [1.807, 2.05) is 0 Å². The van der Waals surface area contributed by atoms with Crippen LogP contribution in [0.15, 0.2) is 36.4 Å². The lowest BCUT2D eigenvalue weighted by atomic mass is 9.90. The maximum Gasteiger partial charge on any atom is 0.242 e. The monoisotopic (exact) mass is 421 g/mol. The molecule has 0 radical (unpaired) electrons. The molecule has 2 aromatic rings. The van der Waals surface area contributed by atoms with Crippen molar-refractivity contribution >= 4 is 46.4 Å². The van der Waals surface area contributed by atoms with E-state index in [4.69, 9.17) is 34.8 Å². The minimum absolute atomic E-state index is 0.0847.